The van der Waals surface area contributed by atoms with Crippen LogP contribution in [0.5, 0.6) is 0 Å². The summed E-state index contributed by atoms with van der Waals surface area (Å²) in [7, 11) is 0. The number of aromatic nitrogens is 2. The number of primary amides is 1. The van der Waals surface area contributed by atoms with E-state index in [4.69, 9.17) is 5.73 Å². The minimum atomic E-state index is -0.524. The van der Waals surface area contributed by atoms with Crippen molar-refractivity contribution in [1.29, 1.82) is 0 Å². The van der Waals surface area contributed by atoms with E-state index in [0.29, 0.717) is 11.4 Å². The van der Waals surface area contributed by atoms with E-state index in [0.717, 1.165) is 0 Å². The van der Waals surface area contributed by atoms with Crippen LogP contribution in [-0.4, -0.2) is 21.9 Å². The molecule has 1 amide bonds. The van der Waals surface area contributed by atoms with Crippen LogP contribution in [0.25, 0.3) is 0 Å². The lowest BCUT2D eigenvalue weighted by Gasteiger charge is -2.10. The highest BCUT2D eigenvalue weighted by molar-refractivity contribution is 5.97. The summed E-state index contributed by atoms with van der Waals surface area (Å²) in [6, 6.07) is 0.202. The van der Waals surface area contributed by atoms with Crippen molar-refractivity contribution in [2.45, 2.75) is 19.9 Å². The van der Waals surface area contributed by atoms with Gasteiger partial charge in [0.25, 0.3) is 5.91 Å². The van der Waals surface area contributed by atoms with Crippen molar-refractivity contribution >= 4 is 11.7 Å². The summed E-state index contributed by atoms with van der Waals surface area (Å²) < 4.78 is 0. The quantitative estimate of drug-likeness (QED) is 0.705. The number of carbonyl (C=O) groups excluding carboxylic acids is 1. The Bertz CT molecular complexity index is 311. The van der Waals surface area contributed by atoms with E-state index in [1.165, 1.54) is 12.5 Å². The SMILES string of the molecule is CC(C)Nc1ncncc1C(N)=O. The Morgan fingerprint density at radius 1 is 1.62 bits per heavy atom. The fraction of sp³-hybridized carbons (Fsp3) is 0.375. The molecule has 1 aromatic rings. The van der Waals surface area contributed by atoms with Gasteiger partial charge < -0.3 is 11.1 Å². The van der Waals surface area contributed by atoms with Crippen LogP contribution in [0.2, 0.25) is 0 Å². The number of nitrogens with one attached hydrogen (secondary N) is 1. The summed E-state index contributed by atoms with van der Waals surface area (Å²) in [5.74, 6) is -0.0405. The van der Waals surface area contributed by atoms with Crippen LogP contribution in [0.3, 0.4) is 0 Å². The zero-order valence-corrected chi connectivity index (χ0v) is 7.61. The van der Waals surface area contributed by atoms with Gasteiger partial charge in [-0.3, -0.25) is 4.79 Å². The molecule has 0 aliphatic heterocycles. The largest absolute Gasteiger partial charge is 0.367 e. The zero-order valence-electron chi connectivity index (χ0n) is 7.61. The predicted molar refractivity (Wildman–Crippen MR) is 49.3 cm³/mol. The molecule has 0 aromatic carbocycles. The highest BCUT2D eigenvalue weighted by Gasteiger charge is 2.09. The molecule has 0 unspecified atom stereocenters. The van der Waals surface area contributed by atoms with E-state index >= 15 is 0 Å². The number of carbonyl (C=O) groups is 1. The molecule has 5 nitrogen and oxygen atoms in total. The molecule has 0 saturated carbocycles. The van der Waals surface area contributed by atoms with Gasteiger partial charge in [-0.25, -0.2) is 9.97 Å². The van der Waals surface area contributed by atoms with Crippen molar-refractivity contribution < 1.29 is 4.79 Å². The first-order chi connectivity index (χ1) is 6.11. The maximum Gasteiger partial charge on any atom is 0.254 e. The third-order valence-corrected chi connectivity index (χ3v) is 1.40. The molecule has 0 bridgehead atoms. The van der Waals surface area contributed by atoms with Crippen LogP contribution < -0.4 is 11.1 Å². The lowest BCUT2D eigenvalue weighted by molar-refractivity contribution is 0.100. The first-order valence-electron chi connectivity index (χ1n) is 3.97. The van der Waals surface area contributed by atoms with Gasteiger partial charge in [0.15, 0.2) is 0 Å². The van der Waals surface area contributed by atoms with Crippen molar-refractivity contribution in [2.75, 3.05) is 5.32 Å². The third-order valence-electron chi connectivity index (χ3n) is 1.40. The molecular weight excluding hydrogens is 168 g/mol. The van der Waals surface area contributed by atoms with Crippen LogP contribution in [0.4, 0.5) is 5.82 Å². The lowest BCUT2D eigenvalue weighted by atomic mass is 10.3. The topological polar surface area (TPSA) is 80.9 Å². The van der Waals surface area contributed by atoms with E-state index in [1.807, 2.05) is 13.8 Å². The molecule has 1 aromatic heterocycles. The highest BCUT2D eigenvalue weighted by Crippen LogP contribution is 2.09. The average Bonchev–Trinajstić information content (AvgIpc) is 2.03. The molecular formula is C8H12N4O. The first kappa shape index (κ1) is 9.44. The van der Waals surface area contributed by atoms with Gasteiger partial charge in [0, 0.05) is 12.2 Å². The second-order valence-electron chi connectivity index (χ2n) is 2.95. The number of anilines is 1. The van der Waals surface area contributed by atoms with Crippen LogP contribution in [0.15, 0.2) is 12.5 Å². The summed E-state index contributed by atoms with van der Waals surface area (Å²) in [6.45, 7) is 3.90. The molecule has 1 rings (SSSR count). The second kappa shape index (κ2) is 3.84. The number of rotatable bonds is 3. The van der Waals surface area contributed by atoms with Crippen LogP contribution >= 0.6 is 0 Å². The summed E-state index contributed by atoms with van der Waals surface area (Å²) >= 11 is 0. The van der Waals surface area contributed by atoms with Crippen molar-refractivity contribution in [1.82, 2.24) is 9.97 Å². The monoisotopic (exact) mass is 180 g/mol. The van der Waals surface area contributed by atoms with Gasteiger partial charge in [-0.15, -0.1) is 0 Å². The number of hydrogen-bond acceptors (Lipinski definition) is 4. The number of amides is 1. The molecule has 0 aliphatic rings. The lowest BCUT2D eigenvalue weighted by Crippen LogP contribution is -2.19. The minimum Gasteiger partial charge on any atom is -0.367 e. The van der Waals surface area contributed by atoms with Crippen molar-refractivity contribution in [3.05, 3.63) is 18.1 Å². The molecule has 0 spiro atoms. The Kier molecular flexibility index (Phi) is 2.79. The molecule has 13 heavy (non-hydrogen) atoms. The summed E-state index contributed by atoms with van der Waals surface area (Å²) in [5.41, 5.74) is 5.45. The van der Waals surface area contributed by atoms with E-state index in [1.54, 1.807) is 0 Å². The van der Waals surface area contributed by atoms with Gasteiger partial charge in [0.2, 0.25) is 0 Å². The van der Waals surface area contributed by atoms with Gasteiger partial charge in [-0.2, -0.15) is 0 Å². The van der Waals surface area contributed by atoms with Gasteiger partial charge in [0.1, 0.15) is 12.1 Å². The first-order valence-corrected chi connectivity index (χ1v) is 3.97. The van der Waals surface area contributed by atoms with Crippen molar-refractivity contribution in [3.63, 3.8) is 0 Å². The molecule has 0 aliphatic carbocycles. The summed E-state index contributed by atoms with van der Waals surface area (Å²) in [5, 5.41) is 3.00. The van der Waals surface area contributed by atoms with Gasteiger partial charge in [0.05, 0.1) is 5.56 Å². The standard InChI is InChI=1S/C8H12N4O/c1-5(2)12-8-6(7(9)13)3-10-4-11-8/h3-5H,1-2H3,(H2,9,13)(H,10,11,12). The smallest absolute Gasteiger partial charge is 0.254 e. The molecule has 0 radical (unpaired) electrons. The normalized spacial score (nSPS) is 10.1. The fourth-order valence-corrected chi connectivity index (χ4v) is 0.898. The number of nitrogens with zero attached hydrogens (tertiary/aromatic N) is 2. The Morgan fingerprint density at radius 2 is 2.31 bits per heavy atom. The maximum atomic E-state index is 10.9. The third kappa shape index (κ3) is 2.40. The average molecular weight is 180 g/mol. The molecule has 5 heteroatoms. The molecule has 0 saturated heterocycles. The molecule has 70 valence electrons. The molecule has 1 heterocycles. The maximum absolute atomic E-state index is 10.9. The predicted octanol–water partition coefficient (Wildman–Crippen LogP) is 0.396. The number of nitrogens with two attached hydrogens (primary N) is 1. The van der Waals surface area contributed by atoms with Gasteiger partial charge >= 0.3 is 0 Å². The molecule has 0 atom stereocenters. The van der Waals surface area contributed by atoms with Crippen LogP contribution in [0.1, 0.15) is 24.2 Å². The van der Waals surface area contributed by atoms with E-state index in [2.05, 4.69) is 15.3 Å². The highest BCUT2D eigenvalue weighted by atomic mass is 16.1. The molecule has 0 fully saturated rings. The summed E-state index contributed by atoms with van der Waals surface area (Å²) in [6.07, 6.45) is 2.78. The van der Waals surface area contributed by atoms with Crippen molar-refractivity contribution in [3.8, 4) is 0 Å². The second-order valence-corrected chi connectivity index (χ2v) is 2.95. The number of hydrogen-bond donors (Lipinski definition) is 2. The van der Waals surface area contributed by atoms with Gasteiger partial charge in [-0.1, -0.05) is 0 Å². The van der Waals surface area contributed by atoms with E-state index < -0.39 is 5.91 Å². The Balaban J connectivity index is 2.98. The Morgan fingerprint density at radius 3 is 2.85 bits per heavy atom. The minimum absolute atomic E-state index is 0.202. The summed E-state index contributed by atoms with van der Waals surface area (Å²) in [4.78, 5) is 18.5. The van der Waals surface area contributed by atoms with Crippen molar-refractivity contribution in [2.24, 2.45) is 5.73 Å². The van der Waals surface area contributed by atoms with Gasteiger partial charge in [-0.05, 0) is 13.8 Å². The van der Waals surface area contributed by atoms with Crippen LogP contribution in [-0.2, 0) is 0 Å². The Hall–Kier alpha value is -1.65. The van der Waals surface area contributed by atoms with Crippen LogP contribution in [0, 0.1) is 0 Å². The van der Waals surface area contributed by atoms with E-state index in [9.17, 15) is 4.79 Å². The van der Waals surface area contributed by atoms with E-state index in [-0.39, 0.29) is 6.04 Å². The fourth-order valence-electron chi connectivity index (χ4n) is 0.898. The Labute approximate surface area is 76.4 Å². The zero-order chi connectivity index (χ0) is 9.84. The molecule has 3 N–H and O–H groups in total.